The Morgan fingerprint density at radius 3 is 2.17 bits per heavy atom. The average molecular weight is 188 g/mol. The van der Waals surface area contributed by atoms with E-state index in [4.69, 9.17) is 5.11 Å². The van der Waals surface area contributed by atoms with E-state index < -0.39 is 5.97 Å². The Labute approximate surface area is 114 Å². The van der Waals surface area contributed by atoms with Crippen LogP contribution in [0.5, 0.6) is 0 Å². The van der Waals surface area contributed by atoms with Crippen molar-refractivity contribution < 1.29 is 9.90 Å². The van der Waals surface area contributed by atoms with E-state index >= 15 is 0 Å². The van der Waals surface area contributed by atoms with Crippen LogP contribution in [0.2, 0.25) is 0 Å². The van der Waals surface area contributed by atoms with Crippen molar-refractivity contribution in [2.24, 2.45) is 0 Å². The third-order valence-electron chi connectivity index (χ3n) is 1.38. The molecular weight excluding hydrogens is 179 g/mol. The van der Waals surface area contributed by atoms with Gasteiger partial charge in [-0.3, -0.25) is 0 Å². The number of benzene rings is 1. The van der Waals surface area contributed by atoms with Gasteiger partial charge in [-0.05, 0) is 5.56 Å². The summed E-state index contributed by atoms with van der Waals surface area (Å²) in [5, 5.41) is 8.54. The molecule has 0 bridgehead atoms. The first kappa shape index (κ1) is 12.1. The van der Waals surface area contributed by atoms with Gasteiger partial charge in [0, 0.05) is 0 Å². The number of aliphatic carboxylic acids is 1. The molecule has 58 valence electrons. The van der Waals surface area contributed by atoms with E-state index in [2.05, 4.69) is 6.58 Å². The minimum absolute atomic E-state index is 0. The van der Waals surface area contributed by atoms with Crippen LogP contribution < -0.4 is 0 Å². The summed E-state index contributed by atoms with van der Waals surface area (Å²) in [4.78, 5) is 10.4. The maximum atomic E-state index is 10.4. The van der Waals surface area contributed by atoms with Crippen molar-refractivity contribution in [1.82, 2.24) is 0 Å². The van der Waals surface area contributed by atoms with Crippen molar-refractivity contribution in [2.45, 2.75) is 0 Å². The van der Waals surface area contributed by atoms with Gasteiger partial charge in [0.2, 0.25) is 0 Å². The van der Waals surface area contributed by atoms with Gasteiger partial charge in [-0.25, -0.2) is 4.79 Å². The summed E-state index contributed by atoms with van der Waals surface area (Å²) in [7, 11) is 0. The molecule has 0 amide bonds. The fraction of sp³-hybridized carbons (Fsp3) is 0. The van der Waals surface area contributed by atoms with E-state index in [1.54, 1.807) is 24.3 Å². The van der Waals surface area contributed by atoms with Crippen molar-refractivity contribution in [3.63, 3.8) is 0 Å². The zero-order valence-corrected chi connectivity index (χ0v) is 5.95. The van der Waals surface area contributed by atoms with Crippen molar-refractivity contribution in [2.75, 3.05) is 0 Å². The van der Waals surface area contributed by atoms with Crippen molar-refractivity contribution in [3.05, 3.63) is 42.5 Å². The SMILES string of the molecule is C=C(C(=O)O)c1ccccc1.[KH]. The second kappa shape index (κ2) is 5.67. The molecule has 0 spiro atoms. The van der Waals surface area contributed by atoms with Crippen LogP contribution >= 0.6 is 0 Å². The van der Waals surface area contributed by atoms with E-state index in [9.17, 15) is 4.79 Å². The fourth-order valence-electron chi connectivity index (χ4n) is 0.763. The Bertz CT molecular complexity index is 280. The zero-order chi connectivity index (χ0) is 8.27. The Balaban J connectivity index is 0.00000121. The van der Waals surface area contributed by atoms with Gasteiger partial charge in [0.1, 0.15) is 0 Å². The van der Waals surface area contributed by atoms with Gasteiger partial charge in [-0.1, -0.05) is 36.9 Å². The van der Waals surface area contributed by atoms with Gasteiger partial charge < -0.3 is 5.11 Å². The van der Waals surface area contributed by atoms with Crippen LogP contribution in [0.15, 0.2) is 36.9 Å². The molecule has 0 aliphatic rings. The molecular formula is C9H9KO2. The first-order valence-corrected chi connectivity index (χ1v) is 3.19. The molecule has 0 fully saturated rings. The Hall–Kier alpha value is 0.0664. The molecule has 1 aromatic rings. The van der Waals surface area contributed by atoms with E-state index in [1.165, 1.54) is 0 Å². The first-order valence-electron chi connectivity index (χ1n) is 3.19. The van der Waals surface area contributed by atoms with Crippen molar-refractivity contribution in [1.29, 1.82) is 0 Å². The molecule has 0 aliphatic heterocycles. The quantitative estimate of drug-likeness (QED) is 0.558. The maximum absolute atomic E-state index is 10.4. The molecule has 0 atom stereocenters. The number of carboxylic acids is 1. The van der Waals surface area contributed by atoms with Crippen LogP contribution in [0.25, 0.3) is 5.57 Å². The summed E-state index contributed by atoms with van der Waals surface area (Å²) in [5.74, 6) is -0.976. The Morgan fingerprint density at radius 2 is 1.75 bits per heavy atom. The third kappa shape index (κ3) is 3.21. The zero-order valence-electron chi connectivity index (χ0n) is 5.95. The van der Waals surface area contributed by atoms with Gasteiger partial charge in [-0.15, -0.1) is 0 Å². The summed E-state index contributed by atoms with van der Waals surface area (Å²) in [6.45, 7) is 3.42. The molecule has 0 heterocycles. The van der Waals surface area contributed by atoms with E-state index in [-0.39, 0.29) is 57.0 Å². The Morgan fingerprint density at radius 1 is 1.25 bits per heavy atom. The summed E-state index contributed by atoms with van der Waals surface area (Å²) >= 11 is 0. The van der Waals surface area contributed by atoms with Gasteiger partial charge in [0.25, 0.3) is 0 Å². The van der Waals surface area contributed by atoms with Crippen LogP contribution in [0, 0.1) is 0 Å². The van der Waals surface area contributed by atoms with Crippen LogP contribution in [-0.4, -0.2) is 62.5 Å². The molecule has 0 saturated heterocycles. The van der Waals surface area contributed by atoms with E-state index in [0.29, 0.717) is 5.56 Å². The van der Waals surface area contributed by atoms with Gasteiger partial charge >= 0.3 is 57.4 Å². The topological polar surface area (TPSA) is 37.3 Å². The van der Waals surface area contributed by atoms with Gasteiger partial charge in [0.05, 0.1) is 5.57 Å². The molecule has 1 N–H and O–H groups in total. The number of rotatable bonds is 2. The molecule has 0 aliphatic carbocycles. The normalized spacial score (nSPS) is 8.33. The number of hydrogen-bond donors (Lipinski definition) is 1. The predicted octanol–water partition coefficient (Wildman–Crippen LogP) is 1.14. The summed E-state index contributed by atoms with van der Waals surface area (Å²) in [5.41, 5.74) is 0.783. The van der Waals surface area contributed by atoms with Crippen LogP contribution in [0.3, 0.4) is 0 Å². The molecule has 0 radical (unpaired) electrons. The van der Waals surface area contributed by atoms with Gasteiger partial charge in [-0.2, -0.15) is 0 Å². The van der Waals surface area contributed by atoms with E-state index in [1.807, 2.05) is 6.07 Å². The number of carboxylic acid groups (broad SMARTS) is 1. The molecule has 1 rings (SSSR count). The van der Waals surface area contributed by atoms with Crippen molar-refractivity contribution >= 4 is 62.9 Å². The summed E-state index contributed by atoms with van der Waals surface area (Å²) in [6, 6.07) is 8.83. The fourth-order valence-corrected chi connectivity index (χ4v) is 0.763. The monoisotopic (exact) mass is 188 g/mol. The Kier molecular flexibility index (Phi) is 5.70. The molecule has 0 aromatic heterocycles. The molecule has 0 unspecified atom stereocenters. The second-order valence-corrected chi connectivity index (χ2v) is 2.15. The number of hydrogen-bond acceptors (Lipinski definition) is 1. The first-order chi connectivity index (χ1) is 5.22. The van der Waals surface area contributed by atoms with Crippen molar-refractivity contribution in [3.8, 4) is 0 Å². The van der Waals surface area contributed by atoms with Gasteiger partial charge in [0.15, 0.2) is 0 Å². The third-order valence-corrected chi connectivity index (χ3v) is 1.38. The molecule has 1 aromatic carbocycles. The summed E-state index contributed by atoms with van der Waals surface area (Å²) in [6.07, 6.45) is 0. The molecule has 2 nitrogen and oxygen atoms in total. The van der Waals surface area contributed by atoms with Crippen LogP contribution in [0.4, 0.5) is 0 Å². The second-order valence-electron chi connectivity index (χ2n) is 2.15. The predicted molar refractivity (Wildman–Crippen MR) is 50.3 cm³/mol. The molecule has 0 saturated carbocycles. The summed E-state index contributed by atoms with van der Waals surface area (Å²) < 4.78 is 0. The minimum atomic E-state index is -0.976. The molecule has 3 heteroatoms. The van der Waals surface area contributed by atoms with Crippen LogP contribution in [-0.2, 0) is 4.79 Å². The molecule has 12 heavy (non-hydrogen) atoms. The van der Waals surface area contributed by atoms with E-state index in [0.717, 1.165) is 0 Å². The number of carbonyl (C=O) groups is 1. The standard InChI is InChI=1S/C9H8O2.K.H/c1-7(9(10)11)8-5-3-2-4-6-8;;/h2-6H,1H2,(H,10,11);;. The van der Waals surface area contributed by atoms with Crippen LogP contribution in [0.1, 0.15) is 5.56 Å². The average Bonchev–Trinajstić information content (AvgIpc) is 2.05.